The van der Waals surface area contributed by atoms with Crippen molar-refractivity contribution in [2.75, 3.05) is 6.54 Å². The summed E-state index contributed by atoms with van der Waals surface area (Å²) in [7, 11) is -3.27. The lowest BCUT2D eigenvalue weighted by molar-refractivity contribution is 0.541. The zero-order valence-corrected chi connectivity index (χ0v) is 14.0. The van der Waals surface area contributed by atoms with Crippen LogP contribution in [0.1, 0.15) is 25.6 Å². The third-order valence-electron chi connectivity index (χ3n) is 2.42. The largest absolute Gasteiger partial charge is 0.313 e. The molecule has 0 aliphatic heterocycles. The van der Waals surface area contributed by atoms with E-state index in [1.165, 1.54) is 11.3 Å². The lowest BCUT2D eigenvalue weighted by Crippen LogP contribution is -2.40. The monoisotopic (exact) mass is 354 g/mol. The Morgan fingerprint density at radius 3 is 2.50 bits per heavy atom. The zero-order valence-electron chi connectivity index (χ0n) is 10.7. The molecule has 1 aromatic heterocycles. The first-order chi connectivity index (χ1) is 8.31. The Labute approximate surface area is 121 Å². The standard InChI is InChI=1S/C11H19BrN2O2S2/c1-8(2)13-6-9(3)18(15,16)14-7-10-4-5-11(12)17-10/h4-5,8-9,13-14H,6-7H2,1-3H3. The lowest BCUT2D eigenvalue weighted by Gasteiger charge is -2.16. The average Bonchev–Trinajstić information content (AvgIpc) is 2.69. The van der Waals surface area contributed by atoms with E-state index >= 15 is 0 Å². The summed E-state index contributed by atoms with van der Waals surface area (Å²) in [5.74, 6) is 0. The maximum atomic E-state index is 12.0. The Kier molecular flexibility index (Phi) is 6.26. The Morgan fingerprint density at radius 1 is 1.33 bits per heavy atom. The number of sulfonamides is 1. The maximum absolute atomic E-state index is 12.0. The van der Waals surface area contributed by atoms with Crippen molar-refractivity contribution >= 4 is 37.3 Å². The number of thiophene rings is 1. The van der Waals surface area contributed by atoms with E-state index in [1.54, 1.807) is 6.92 Å². The Balaban J connectivity index is 2.48. The molecule has 18 heavy (non-hydrogen) atoms. The quantitative estimate of drug-likeness (QED) is 0.789. The van der Waals surface area contributed by atoms with E-state index < -0.39 is 15.3 Å². The van der Waals surface area contributed by atoms with Crippen LogP contribution in [0.3, 0.4) is 0 Å². The molecule has 1 rings (SSSR count). The SMILES string of the molecule is CC(C)NCC(C)S(=O)(=O)NCc1ccc(Br)s1. The van der Waals surface area contributed by atoms with E-state index in [2.05, 4.69) is 26.0 Å². The highest BCUT2D eigenvalue weighted by atomic mass is 79.9. The van der Waals surface area contributed by atoms with Crippen LogP contribution in [0, 0.1) is 0 Å². The normalized spacial score (nSPS) is 14.1. The van der Waals surface area contributed by atoms with Crippen molar-refractivity contribution < 1.29 is 8.42 Å². The number of hydrogen-bond acceptors (Lipinski definition) is 4. The molecule has 1 atom stereocenters. The number of rotatable bonds is 7. The first-order valence-electron chi connectivity index (χ1n) is 5.77. The Bertz CT molecular complexity index is 471. The smallest absolute Gasteiger partial charge is 0.215 e. The number of halogens is 1. The van der Waals surface area contributed by atoms with Gasteiger partial charge in [0.25, 0.3) is 0 Å². The van der Waals surface area contributed by atoms with Gasteiger partial charge in [-0.1, -0.05) is 13.8 Å². The highest BCUT2D eigenvalue weighted by Gasteiger charge is 2.20. The molecule has 0 aliphatic carbocycles. The summed E-state index contributed by atoms with van der Waals surface area (Å²) in [4.78, 5) is 0.995. The fraction of sp³-hybridized carbons (Fsp3) is 0.636. The molecular formula is C11H19BrN2O2S2. The van der Waals surface area contributed by atoms with Crippen LogP contribution in [0.15, 0.2) is 15.9 Å². The van der Waals surface area contributed by atoms with Gasteiger partial charge in [-0.3, -0.25) is 0 Å². The molecule has 0 amide bonds. The summed E-state index contributed by atoms with van der Waals surface area (Å²) in [6.07, 6.45) is 0. The van der Waals surface area contributed by atoms with Gasteiger partial charge < -0.3 is 5.32 Å². The number of hydrogen-bond donors (Lipinski definition) is 2. The van der Waals surface area contributed by atoms with Crippen molar-refractivity contribution in [2.24, 2.45) is 0 Å². The van der Waals surface area contributed by atoms with Crippen molar-refractivity contribution in [3.05, 3.63) is 20.8 Å². The summed E-state index contributed by atoms with van der Waals surface area (Å²) in [6.45, 7) is 6.51. The fourth-order valence-corrected chi connectivity index (χ4v) is 3.74. The van der Waals surface area contributed by atoms with Crippen LogP contribution in [-0.2, 0) is 16.6 Å². The molecule has 0 aliphatic rings. The molecule has 1 heterocycles. The first kappa shape index (κ1) is 16.1. The van der Waals surface area contributed by atoms with Crippen LogP contribution in [0.5, 0.6) is 0 Å². The van der Waals surface area contributed by atoms with Gasteiger partial charge in [0.05, 0.1) is 9.04 Å². The van der Waals surface area contributed by atoms with Crippen LogP contribution >= 0.6 is 27.3 Å². The third-order valence-corrected chi connectivity index (χ3v) is 5.82. The van der Waals surface area contributed by atoms with Gasteiger partial charge in [-0.05, 0) is 35.0 Å². The van der Waals surface area contributed by atoms with E-state index in [1.807, 2.05) is 26.0 Å². The fourth-order valence-electron chi connectivity index (χ4n) is 1.27. The minimum atomic E-state index is -3.27. The van der Waals surface area contributed by atoms with Gasteiger partial charge in [0.2, 0.25) is 10.0 Å². The van der Waals surface area contributed by atoms with E-state index in [9.17, 15) is 8.42 Å². The van der Waals surface area contributed by atoms with E-state index in [0.29, 0.717) is 13.1 Å². The van der Waals surface area contributed by atoms with Crippen molar-refractivity contribution in [2.45, 2.75) is 38.6 Å². The van der Waals surface area contributed by atoms with Crippen molar-refractivity contribution in [3.63, 3.8) is 0 Å². The molecule has 4 nitrogen and oxygen atoms in total. The predicted molar refractivity (Wildman–Crippen MR) is 80.4 cm³/mol. The van der Waals surface area contributed by atoms with Crippen LogP contribution in [0.4, 0.5) is 0 Å². The molecule has 0 saturated carbocycles. The topological polar surface area (TPSA) is 58.2 Å². The molecule has 2 N–H and O–H groups in total. The molecule has 0 aromatic carbocycles. The second-order valence-corrected chi connectivity index (χ2v) is 9.18. The first-order valence-corrected chi connectivity index (χ1v) is 8.93. The van der Waals surface area contributed by atoms with E-state index in [0.717, 1.165) is 8.66 Å². The van der Waals surface area contributed by atoms with Crippen molar-refractivity contribution in [3.8, 4) is 0 Å². The summed E-state index contributed by atoms with van der Waals surface area (Å²) >= 11 is 4.89. The van der Waals surface area contributed by atoms with Crippen molar-refractivity contribution in [1.29, 1.82) is 0 Å². The molecule has 104 valence electrons. The molecule has 1 aromatic rings. The van der Waals surface area contributed by atoms with Gasteiger partial charge in [-0.25, -0.2) is 13.1 Å². The van der Waals surface area contributed by atoms with Gasteiger partial charge >= 0.3 is 0 Å². The van der Waals surface area contributed by atoms with Crippen LogP contribution < -0.4 is 10.0 Å². The van der Waals surface area contributed by atoms with Crippen LogP contribution in [-0.4, -0.2) is 26.3 Å². The van der Waals surface area contributed by atoms with Gasteiger partial charge in [-0.15, -0.1) is 11.3 Å². The summed E-state index contributed by atoms with van der Waals surface area (Å²) in [6, 6.07) is 4.11. The second kappa shape index (κ2) is 7.00. The molecule has 7 heteroatoms. The molecular weight excluding hydrogens is 336 g/mol. The summed E-state index contributed by atoms with van der Waals surface area (Å²) < 4.78 is 27.6. The molecule has 1 unspecified atom stereocenters. The summed E-state index contributed by atoms with van der Waals surface area (Å²) in [5, 5.41) is 2.69. The molecule has 0 radical (unpaired) electrons. The minimum Gasteiger partial charge on any atom is -0.313 e. The van der Waals surface area contributed by atoms with E-state index in [-0.39, 0.29) is 6.04 Å². The predicted octanol–water partition coefficient (Wildman–Crippen LogP) is 2.32. The molecule has 0 fully saturated rings. The van der Waals surface area contributed by atoms with Gasteiger partial charge in [-0.2, -0.15) is 0 Å². The third kappa shape index (κ3) is 5.36. The molecule has 0 spiro atoms. The lowest BCUT2D eigenvalue weighted by atomic mass is 10.3. The Hall–Kier alpha value is 0.0500. The van der Waals surface area contributed by atoms with Gasteiger partial charge in [0, 0.05) is 24.0 Å². The van der Waals surface area contributed by atoms with Crippen molar-refractivity contribution in [1.82, 2.24) is 10.0 Å². The van der Waals surface area contributed by atoms with Gasteiger partial charge in [0.1, 0.15) is 0 Å². The van der Waals surface area contributed by atoms with Crippen LogP contribution in [0.2, 0.25) is 0 Å². The summed E-state index contributed by atoms with van der Waals surface area (Å²) in [5.41, 5.74) is 0. The minimum absolute atomic E-state index is 0.288. The average molecular weight is 355 g/mol. The Morgan fingerprint density at radius 2 is 2.00 bits per heavy atom. The highest BCUT2D eigenvalue weighted by molar-refractivity contribution is 9.11. The molecule has 0 bridgehead atoms. The number of nitrogens with one attached hydrogen (secondary N) is 2. The van der Waals surface area contributed by atoms with Gasteiger partial charge in [0.15, 0.2) is 0 Å². The maximum Gasteiger partial charge on any atom is 0.215 e. The second-order valence-electron chi connectivity index (χ2n) is 4.45. The van der Waals surface area contributed by atoms with Crippen LogP contribution in [0.25, 0.3) is 0 Å². The molecule has 0 saturated heterocycles. The highest BCUT2D eigenvalue weighted by Crippen LogP contribution is 2.22. The van der Waals surface area contributed by atoms with E-state index in [4.69, 9.17) is 0 Å². The zero-order chi connectivity index (χ0) is 13.8.